The number of aromatic nitrogens is 1. The Kier molecular flexibility index (Phi) is 4.69. The molecule has 1 saturated heterocycles. The summed E-state index contributed by atoms with van der Waals surface area (Å²) >= 11 is 6.28. The number of nitrogens with zero attached hydrogens (tertiary/aromatic N) is 3. The molecular formula is C21H24ClN3. The monoisotopic (exact) mass is 353 g/mol. The molecule has 0 bridgehead atoms. The molecule has 4 rings (SSSR count). The number of halogens is 1. The number of benzene rings is 2. The van der Waals surface area contributed by atoms with Gasteiger partial charge in [-0.1, -0.05) is 36.7 Å². The average molecular weight is 354 g/mol. The fraction of sp³-hybridized carbons (Fsp3) is 0.333. The van der Waals surface area contributed by atoms with Gasteiger partial charge in [-0.25, -0.2) is 0 Å². The molecule has 0 N–H and O–H groups in total. The molecule has 1 aliphatic rings. The maximum absolute atomic E-state index is 6.28. The van der Waals surface area contributed by atoms with Gasteiger partial charge in [0.2, 0.25) is 0 Å². The van der Waals surface area contributed by atoms with Gasteiger partial charge < -0.3 is 14.4 Å². The molecule has 4 heteroatoms. The largest absolute Gasteiger partial charge is 0.369 e. The lowest BCUT2D eigenvalue weighted by Gasteiger charge is -2.35. The van der Waals surface area contributed by atoms with Crippen molar-refractivity contribution in [2.24, 2.45) is 0 Å². The molecule has 1 aromatic heterocycles. The standard InChI is InChI=1S/C21H24ClN3/c1-2-23-12-14-24(15-13-23)18-8-6-17(7-9-18)16-25-11-10-19-20(22)4-3-5-21(19)25/h3-11H,2,12-16H2,1H3. The van der Waals surface area contributed by atoms with Crippen molar-refractivity contribution >= 4 is 28.2 Å². The van der Waals surface area contributed by atoms with Gasteiger partial charge >= 0.3 is 0 Å². The lowest BCUT2D eigenvalue weighted by molar-refractivity contribution is 0.271. The third-order valence-electron chi connectivity index (χ3n) is 5.23. The van der Waals surface area contributed by atoms with E-state index in [-0.39, 0.29) is 0 Å². The molecule has 2 heterocycles. The molecule has 0 atom stereocenters. The van der Waals surface area contributed by atoms with E-state index in [1.807, 2.05) is 12.1 Å². The van der Waals surface area contributed by atoms with Crippen molar-refractivity contribution in [1.82, 2.24) is 9.47 Å². The molecule has 130 valence electrons. The highest BCUT2D eigenvalue weighted by Gasteiger charge is 2.15. The summed E-state index contributed by atoms with van der Waals surface area (Å²) in [7, 11) is 0. The number of anilines is 1. The second-order valence-electron chi connectivity index (χ2n) is 6.70. The van der Waals surface area contributed by atoms with Crippen LogP contribution in [-0.4, -0.2) is 42.2 Å². The fourth-order valence-electron chi connectivity index (χ4n) is 3.65. The summed E-state index contributed by atoms with van der Waals surface area (Å²) in [6.07, 6.45) is 2.12. The molecule has 0 amide bonds. The molecule has 0 unspecified atom stereocenters. The number of hydrogen-bond donors (Lipinski definition) is 0. The number of hydrogen-bond acceptors (Lipinski definition) is 2. The maximum atomic E-state index is 6.28. The second-order valence-corrected chi connectivity index (χ2v) is 7.11. The first-order chi connectivity index (χ1) is 12.2. The third kappa shape index (κ3) is 3.39. The molecule has 2 aromatic carbocycles. The second kappa shape index (κ2) is 7.11. The highest BCUT2D eigenvalue weighted by atomic mass is 35.5. The summed E-state index contributed by atoms with van der Waals surface area (Å²) in [6.45, 7) is 8.82. The van der Waals surface area contributed by atoms with Gasteiger partial charge in [-0.3, -0.25) is 0 Å². The zero-order valence-corrected chi connectivity index (χ0v) is 15.4. The molecule has 25 heavy (non-hydrogen) atoms. The van der Waals surface area contributed by atoms with Gasteiger partial charge in [-0.2, -0.15) is 0 Å². The Balaban J connectivity index is 1.48. The minimum absolute atomic E-state index is 0.817. The summed E-state index contributed by atoms with van der Waals surface area (Å²) in [5.41, 5.74) is 3.83. The van der Waals surface area contributed by atoms with Crippen LogP contribution in [0.3, 0.4) is 0 Å². The Morgan fingerprint density at radius 2 is 1.68 bits per heavy atom. The van der Waals surface area contributed by atoms with Crippen LogP contribution < -0.4 is 4.90 Å². The minimum Gasteiger partial charge on any atom is -0.369 e. The van der Waals surface area contributed by atoms with E-state index in [4.69, 9.17) is 11.6 Å². The zero-order valence-electron chi connectivity index (χ0n) is 14.7. The van der Waals surface area contributed by atoms with E-state index in [9.17, 15) is 0 Å². The first-order valence-electron chi connectivity index (χ1n) is 9.04. The van der Waals surface area contributed by atoms with Crippen molar-refractivity contribution in [3.8, 4) is 0 Å². The summed E-state index contributed by atoms with van der Waals surface area (Å²) in [5.74, 6) is 0. The summed E-state index contributed by atoms with van der Waals surface area (Å²) < 4.78 is 2.26. The van der Waals surface area contributed by atoms with Crippen LogP contribution in [0.25, 0.3) is 10.9 Å². The van der Waals surface area contributed by atoms with Crippen molar-refractivity contribution in [3.63, 3.8) is 0 Å². The smallest absolute Gasteiger partial charge is 0.0499 e. The quantitative estimate of drug-likeness (QED) is 0.685. The van der Waals surface area contributed by atoms with Crippen molar-refractivity contribution in [2.45, 2.75) is 13.5 Å². The van der Waals surface area contributed by atoms with Crippen LogP contribution in [0, 0.1) is 0 Å². The Morgan fingerprint density at radius 3 is 2.40 bits per heavy atom. The summed E-state index contributed by atoms with van der Waals surface area (Å²) in [6, 6.07) is 17.2. The predicted molar refractivity (Wildman–Crippen MR) is 107 cm³/mol. The van der Waals surface area contributed by atoms with Crippen molar-refractivity contribution in [3.05, 3.63) is 65.3 Å². The van der Waals surface area contributed by atoms with Gasteiger partial charge in [0, 0.05) is 60.5 Å². The lowest BCUT2D eigenvalue weighted by Crippen LogP contribution is -2.46. The first-order valence-corrected chi connectivity index (χ1v) is 9.42. The van der Waals surface area contributed by atoms with Crippen LogP contribution in [0.4, 0.5) is 5.69 Å². The molecule has 0 saturated carbocycles. The molecule has 0 radical (unpaired) electrons. The van der Waals surface area contributed by atoms with Crippen molar-refractivity contribution in [2.75, 3.05) is 37.6 Å². The van der Waals surface area contributed by atoms with Crippen LogP contribution in [0.5, 0.6) is 0 Å². The molecule has 1 fully saturated rings. The van der Waals surface area contributed by atoms with E-state index >= 15 is 0 Å². The number of piperazine rings is 1. The number of rotatable bonds is 4. The van der Waals surface area contributed by atoms with Crippen LogP contribution >= 0.6 is 11.6 Å². The van der Waals surface area contributed by atoms with Crippen LogP contribution in [-0.2, 0) is 6.54 Å². The van der Waals surface area contributed by atoms with Gasteiger partial charge in [-0.05, 0) is 42.4 Å². The van der Waals surface area contributed by atoms with Gasteiger partial charge in [-0.15, -0.1) is 0 Å². The van der Waals surface area contributed by atoms with E-state index < -0.39 is 0 Å². The van der Waals surface area contributed by atoms with Crippen LogP contribution in [0.2, 0.25) is 5.02 Å². The van der Waals surface area contributed by atoms with E-state index in [0.717, 1.165) is 49.7 Å². The van der Waals surface area contributed by atoms with E-state index in [2.05, 4.69) is 63.9 Å². The predicted octanol–water partition coefficient (Wildman–Crippen LogP) is 4.48. The highest BCUT2D eigenvalue weighted by Crippen LogP contribution is 2.25. The average Bonchev–Trinajstić information content (AvgIpc) is 3.07. The van der Waals surface area contributed by atoms with Gasteiger partial charge in [0.05, 0.1) is 0 Å². The Bertz CT molecular complexity index is 845. The number of likely N-dealkylation sites (N-methyl/N-ethyl adjacent to an activating group) is 1. The van der Waals surface area contributed by atoms with E-state index in [1.54, 1.807) is 0 Å². The van der Waals surface area contributed by atoms with E-state index in [1.165, 1.54) is 16.8 Å². The number of fused-ring (bicyclic) bond motifs is 1. The summed E-state index contributed by atoms with van der Waals surface area (Å²) in [5, 5.41) is 1.94. The van der Waals surface area contributed by atoms with E-state index in [0.29, 0.717) is 0 Å². The molecule has 3 nitrogen and oxygen atoms in total. The molecule has 0 spiro atoms. The molecule has 3 aromatic rings. The summed E-state index contributed by atoms with van der Waals surface area (Å²) in [4.78, 5) is 4.99. The highest BCUT2D eigenvalue weighted by molar-refractivity contribution is 6.35. The Labute approximate surface area is 154 Å². The zero-order chi connectivity index (χ0) is 17.2. The van der Waals surface area contributed by atoms with Gasteiger partial charge in [0.1, 0.15) is 0 Å². The topological polar surface area (TPSA) is 11.4 Å². The molecule has 1 aliphatic heterocycles. The van der Waals surface area contributed by atoms with Gasteiger partial charge in [0.25, 0.3) is 0 Å². The molecule has 0 aliphatic carbocycles. The van der Waals surface area contributed by atoms with Crippen molar-refractivity contribution in [1.29, 1.82) is 0 Å². The van der Waals surface area contributed by atoms with Crippen LogP contribution in [0.1, 0.15) is 12.5 Å². The fourth-order valence-corrected chi connectivity index (χ4v) is 3.89. The first kappa shape index (κ1) is 16.5. The lowest BCUT2D eigenvalue weighted by atomic mass is 10.1. The third-order valence-corrected chi connectivity index (χ3v) is 5.56. The normalized spacial score (nSPS) is 15.8. The van der Waals surface area contributed by atoms with Crippen LogP contribution in [0.15, 0.2) is 54.7 Å². The minimum atomic E-state index is 0.817. The SMILES string of the molecule is CCN1CCN(c2ccc(Cn3ccc4c(Cl)cccc43)cc2)CC1. The van der Waals surface area contributed by atoms with Crippen molar-refractivity contribution < 1.29 is 0 Å². The Hall–Kier alpha value is -1.97. The maximum Gasteiger partial charge on any atom is 0.0499 e. The van der Waals surface area contributed by atoms with Gasteiger partial charge in [0.15, 0.2) is 0 Å². The molecular weight excluding hydrogens is 330 g/mol. The Morgan fingerprint density at radius 1 is 0.920 bits per heavy atom.